The third-order valence-corrected chi connectivity index (χ3v) is 2.90. The molecule has 1 aromatic carbocycles. The first-order valence-corrected chi connectivity index (χ1v) is 6.03. The van der Waals surface area contributed by atoms with E-state index in [1.54, 1.807) is 24.3 Å². The van der Waals surface area contributed by atoms with E-state index in [4.69, 9.17) is 5.11 Å². The topological polar surface area (TPSA) is 53.4 Å². The summed E-state index contributed by atoms with van der Waals surface area (Å²) in [6.07, 6.45) is 0. The Morgan fingerprint density at radius 3 is 2.47 bits per heavy atom. The lowest BCUT2D eigenvalue weighted by Crippen LogP contribution is -2.17. The lowest BCUT2D eigenvalue weighted by Gasteiger charge is -2.19. The molecule has 4 nitrogen and oxygen atoms in total. The molecule has 0 aliphatic carbocycles. The number of rotatable bonds is 4. The molecule has 1 heterocycles. The van der Waals surface area contributed by atoms with Gasteiger partial charge in [0.1, 0.15) is 0 Å². The molecule has 0 bridgehead atoms. The third-order valence-electron chi connectivity index (χ3n) is 2.90. The molecule has 0 atom stereocenters. The third kappa shape index (κ3) is 3.31. The predicted molar refractivity (Wildman–Crippen MR) is 74.5 cm³/mol. The van der Waals surface area contributed by atoms with E-state index in [0.717, 1.165) is 17.1 Å². The fourth-order valence-corrected chi connectivity index (χ4v) is 1.88. The molecule has 0 saturated heterocycles. The van der Waals surface area contributed by atoms with Crippen LogP contribution in [0.25, 0.3) is 0 Å². The summed E-state index contributed by atoms with van der Waals surface area (Å²) in [6, 6.07) is 12.8. The minimum Gasteiger partial charge on any atom is -0.478 e. The number of anilines is 1. The molecular weight excluding hydrogens is 240 g/mol. The van der Waals surface area contributed by atoms with Crippen molar-refractivity contribution < 1.29 is 9.90 Å². The predicted octanol–water partition coefficient (Wildman–Crippen LogP) is 2.72. The quantitative estimate of drug-likeness (QED) is 0.913. The summed E-state index contributed by atoms with van der Waals surface area (Å²) in [4.78, 5) is 17.3. The summed E-state index contributed by atoms with van der Waals surface area (Å²) in [5.41, 5.74) is 3.25. The number of nitrogens with zero attached hydrogens (tertiary/aromatic N) is 2. The fraction of sp³-hybridized carbons (Fsp3) is 0.200. The Balaban J connectivity index is 2.11. The van der Waals surface area contributed by atoms with Crippen LogP contribution in [0.3, 0.4) is 0 Å². The van der Waals surface area contributed by atoms with Crippen LogP contribution in [0.2, 0.25) is 0 Å². The van der Waals surface area contributed by atoms with Gasteiger partial charge in [-0.25, -0.2) is 4.79 Å². The van der Waals surface area contributed by atoms with Crippen LogP contribution in [0.5, 0.6) is 0 Å². The van der Waals surface area contributed by atoms with E-state index in [9.17, 15) is 4.79 Å². The highest BCUT2D eigenvalue weighted by Gasteiger charge is 2.06. The summed E-state index contributed by atoms with van der Waals surface area (Å²) < 4.78 is 0. The van der Waals surface area contributed by atoms with Crippen LogP contribution in [0.1, 0.15) is 21.7 Å². The van der Waals surface area contributed by atoms with Gasteiger partial charge in [0.25, 0.3) is 0 Å². The zero-order chi connectivity index (χ0) is 13.8. The number of hydrogen-bond acceptors (Lipinski definition) is 3. The van der Waals surface area contributed by atoms with Crippen molar-refractivity contribution in [1.82, 2.24) is 4.98 Å². The number of aromatic carboxylic acids is 1. The second-order valence-corrected chi connectivity index (χ2v) is 4.48. The molecule has 0 spiro atoms. The molecule has 0 unspecified atom stereocenters. The van der Waals surface area contributed by atoms with Crippen molar-refractivity contribution in [1.29, 1.82) is 0 Å². The molecule has 2 rings (SSSR count). The SMILES string of the molecule is Cc1cccc(CN(C)c2ccc(C(=O)O)cc2)n1. The first-order chi connectivity index (χ1) is 9.06. The molecule has 1 aromatic heterocycles. The van der Waals surface area contributed by atoms with Gasteiger partial charge in [-0.15, -0.1) is 0 Å². The molecule has 4 heteroatoms. The minimum absolute atomic E-state index is 0.297. The van der Waals surface area contributed by atoms with Crippen LogP contribution in [0.4, 0.5) is 5.69 Å². The first-order valence-electron chi connectivity index (χ1n) is 6.03. The molecule has 1 N–H and O–H groups in total. The van der Waals surface area contributed by atoms with Crippen LogP contribution < -0.4 is 4.90 Å². The number of carbonyl (C=O) groups is 1. The van der Waals surface area contributed by atoms with Gasteiger partial charge in [-0.1, -0.05) is 6.07 Å². The molecule has 2 aromatic rings. The van der Waals surface area contributed by atoms with E-state index < -0.39 is 5.97 Å². The Morgan fingerprint density at radius 1 is 1.21 bits per heavy atom. The van der Waals surface area contributed by atoms with Crippen molar-refractivity contribution in [3.05, 3.63) is 59.4 Å². The van der Waals surface area contributed by atoms with Crippen molar-refractivity contribution in [2.24, 2.45) is 0 Å². The van der Waals surface area contributed by atoms with Gasteiger partial charge in [0.2, 0.25) is 0 Å². The average molecular weight is 256 g/mol. The maximum atomic E-state index is 10.8. The Kier molecular flexibility index (Phi) is 3.80. The van der Waals surface area contributed by atoms with E-state index >= 15 is 0 Å². The molecule has 0 saturated carbocycles. The summed E-state index contributed by atoms with van der Waals surface area (Å²) in [5.74, 6) is -0.908. The molecule has 0 aliphatic heterocycles. The van der Waals surface area contributed by atoms with Crippen LogP contribution >= 0.6 is 0 Å². The molecule has 0 fully saturated rings. The van der Waals surface area contributed by atoms with E-state index in [1.165, 1.54) is 0 Å². The number of pyridine rings is 1. The van der Waals surface area contributed by atoms with Gasteiger partial charge in [0.15, 0.2) is 0 Å². The van der Waals surface area contributed by atoms with E-state index in [-0.39, 0.29) is 0 Å². The monoisotopic (exact) mass is 256 g/mol. The minimum atomic E-state index is -0.908. The molecular formula is C15H16N2O2. The van der Waals surface area contributed by atoms with Gasteiger partial charge in [-0.3, -0.25) is 4.98 Å². The van der Waals surface area contributed by atoms with Gasteiger partial charge < -0.3 is 10.0 Å². The number of aryl methyl sites for hydroxylation is 1. The highest BCUT2D eigenvalue weighted by Crippen LogP contribution is 2.16. The number of aromatic nitrogens is 1. The maximum Gasteiger partial charge on any atom is 0.335 e. The number of benzene rings is 1. The molecule has 0 aliphatic rings. The zero-order valence-electron chi connectivity index (χ0n) is 11.0. The Labute approximate surface area is 112 Å². The van der Waals surface area contributed by atoms with E-state index in [1.807, 2.05) is 37.1 Å². The maximum absolute atomic E-state index is 10.8. The van der Waals surface area contributed by atoms with Crippen LogP contribution in [-0.2, 0) is 6.54 Å². The van der Waals surface area contributed by atoms with Gasteiger partial charge in [0.05, 0.1) is 17.8 Å². The Hall–Kier alpha value is -2.36. The Morgan fingerprint density at radius 2 is 1.89 bits per heavy atom. The summed E-state index contributed by atoms with van der Waals surface area (Å²) in [5, 5.41) is 8.86. The summed E-state index contributed by atoms with van der Waals surface area (Å²) in [7, 11) is 1.96. The molecule has 0 amide bonds. The fourth-order valence-electron chi connectivity index (χ4n) is 1.88. The summed E-state index contributed by atoms with van der Waals surface area (Å²) >= 11 is 0. The number of carboxylic acid groups (broad SMARTS) is 1. The normalized spacial score (nSPS) is 10.2. The Bertz CT molecular complexity index is 579. The standard InChI is InChI=1S/C15H16N2O2/c1-11-4-3-5-13(16-11)10-17(2)14-8-6-12(7-9-14)15(18)19/h3-9H,10H2,1-2H3,(H,18,19). The van der Waals surface area contributed by atoms with Crippen molar-refractivity contribution in [2.45, 2.75) is 13.5 Å². The lowest BCUT2D eigenvalue weighted by atomic mass is 10.2. The smallest absolute Gasteiger partial charge is 0.335 e. The highest BCUT2D eigenvalue weighted by atomic mass is 16.4. The van der Waals surface area contributed by atoms with Gasteiger partial charge in [-0.05, 0) is 43.3 Å². The van der Waals surface area contributed by atoms with Crippen molar-refractivity contribution in [3.8, 4) is 0 Å². The second-order valence-electron chi connectivity index (χ2n) is 4.48. The lowest BCUT2D eigenvalue weighted by molar-refractivity contribution is 0.0697. The van der Waals surface area contributed by atoms with Gasteiger partial charge in [0, 0.05) is 18.4 Å². The molecule has 19 heavy (non-hydrogen) atoms. The van der Waals surface area contributed by atoms with Gasteiger partial charge in [-0.2, -0.15) is 0 Å². The van der Waals surface area contributed by atoms with Gasteiger partial charge >= 0.3 is 5.97 Å². The second kappa shape index (κ2) is 5.52. The van der Waals surface area contributed by atoms with Crippen molar-refractivity contribution in [3.63, 3.8) is 0 Å². The zero-order valence-corrected chi connectivity index (χ0v) is 11.0. The molecule has 0 radical (unpaired) electrons. The first kappa shape index (κ1) is 13.1. The van der Waals surface area contributed by atoms with Crippen LogP contribution in [-0.4, -0.2) is 23.1 Å². The number of hydrogen-bond donors (Lipinski definition) is 1. The van der Waals surface area contributed by atoms with Crippen LogP contribution in [0, 0.1) is 6.92 Å². The number of carboxylic acids is 1. The van der Waals surface area contributed by atoms with E-state index in [0.29, 0.717) is 12.1 Å². The van der Waals surface area contributed by atoms with Crippen LogP contribution in [0.15, 0.2) is 42.5 Å². The van der Waals surface area contributed by atoms with E-state index in [2.05, 4.69) is 4.98 Å². The molecule has 98 valence electrons. The summed E-state index contributed by atoms with van der Waals surface area (Å²) in [6.45, 7) is 2.65. The highest BCUT2D eigenvalue weighted by molar-refractivity contribution is 5.88. The van der Waals surface area contributed by atoms with Crippen molar-refractivity contribution >= 4 is 11.7 Å². The largest absolute Gasteiger partial charge is 0.478 e. The van der Waals surface area contributed by atoms with Crippen molar-refractivity contribution in [2.75, 3.05) is 11.9 Å². The average Bonchev–Trinajstić information content (AvgIpc) is 2.39.